The molecule has 0 bridgehead atoms. The number of carbonyl (C=O) groups is 2. The molecule has 0 spiro atoms. The number of likely N-dealkylation sites (tertiary alicyclic amines) is 2. The number of amides is 2. The van der Waals surface area contributed by atoms with Crippen molar-refractivity contribution < 1.29 is 14.0 Å². The van der Waals surface area contributed by atoms with Gasteiger partial charge >= 0.3 is 0 Å². The summed E-state index contributed by atoms with van der Waals surface area (Å²) in [6.07, 6.45) is 6.68. The summed E-state index contributed by atoms with van der Waals surface area (Å²) < 4.78 is 14.8. The van der Waals surface area contributed by atoms with E-state index in [9.17, 15) is 14.0 Å². The smallest absolute Gasteiger partial charge is 0.272 e. The van der Waals surface area contributed by atoms with Gasteiger partial charge in [-0.25, -0.2) is 9.37 Å². The standard InChI is InChI=1S/C20H23FN4O2/c21-16-3-5-17(6-4-16)25-14-22-13-18(25)20(27)24-11-7-15(8-12-24)19(26)23-9-1-2-10-23/h3-6,13-15H,1-2,7-12H2. The van der Waals surface area contributed by atoms with Gasteiger partial charge < -0.3 is 9.80 Å². The lowest BCUT2D eigenvalue weighted by molar-refractivity contribution is -0.135. The second kappa shape index (κ2) is 7.50. The molecule has 0 aliphatic carbocycles. The Kier molecular flexibility index (Phi) is 4.92. The second-order valence-electron chi connectivity index (χ2n) is 7.22. The fourth-order valence-corrected chi connectivity index (χ4v) is 3.95. The largest absolute Gasteiger partial charge is 0.342 e. The van der Waals surface area contributed by atoms with E-state index >= 15 is 0 Å². The summed E-state index contributed by atoms with van der Waals surface area (Å²) in [5, 5.41) is 0. The van der Waals surface area contributed by atoms with Crippen LogP contribution in [0.25, 0.3) is 5.69 Å². The van der Waals surface area contributed by atoms with Gasteiger partial charge in [0.2, 0.25) is 5.91 Å². The summed E-state index contributed by atoms with van der Waals surface area (Å²) in [7, 11) is 0. The molecular formula is C20H23FN4O2. The van der Waals surface area contributed by atoms with Gasteiger partial charge in [-0.15, -0.1) is 0 Å². The molecule has 0 radical (unpaired) electrons. The SMILES string of the molecule is O=C(c1cncn1-c1ccc(F)cc1)N1CCC(C(=O)N2CCCC2)CC1. The minimum atomic E-state index is -0.323. The topological polar surface area (TPSA) is 58.4 Å². The average Bonchev–Trinajstić information content (AvgIpc) is 3.40. The number of carbonyl (C=O) groups excluding carboxylic acids is 2. The van der Waals surface area contributed by atoms with Gasteiger partial charge in [-0.2, -0.15) is 0 Å². The lowest BCUT2D eigenvalue weighted by Crippen LogP contribution is -2.44. The Morgan fingerprint density at radius 1 is 0.963 bits per heavy atom. The third kappa shape index (κ3) is 3.59. The molecule has 2 fully saturated rings. The summed E-state index contributed by atoms with van der Waals surface area (Å²) in [4.78, 5) is 33.3. The van der Waals surface area contributed by atoms with Gasteiger partial charge in [0, 0.05) is 37.8 Å². The molecule has 7 heteroatoms. The van der Waals surface area contributed by atoms with Gasteiger partial charge in [-0.05, 0) is 49.9 Å². The zero-order valence-corrected chi connectivity index (χ0v) is 15.2. The van der Waals surface area contributed by atoms with Gasteiger partial charge in [0.25, 0.3) is 5.91 Å². The highest BCUT2D eigenvalue weighted by molar-refractivity contribution is 5.93. The van der Waals surface area contributed by atoms with Crippen LogP contribution < -0.4 is 0 Å². The van der Waals surface area contributed by atoms with Crippen molar-refractivity contribution in [2.45, 2.75) is 25.7 Å². The molecule has 6 nitrogen and oxygen atoms in total. The molecule has 4 rings (SSSR count). The van der Waals surface area contributed by atoms with Crippen molar-refractivity contribution in [3.05, 3.63) is 48.3 Å². The number of piperidine rings is 1. The van der Waals surface area contributed by atoms with Crippen LogP contribution in [0.2, 0.25) is 0 Å². The molecule has 1 aromatic carbocycles. The second-order valence-corrected chi connectivity index (χ2v) is 7.22. The van der Waals surface area contributed by atoms with E-state index in [1.165, 1.54) is 18.3 Å². The number of rotatable bonds is 3. The quantitative estimate of drug-likeness (QED) is 0.834. The first-order chi connectivity index (χ1) is 13.1. The Bertz CT molecular complexity index is 819. The number of halogens is 1. The normalized spacial score (nSPS) is 18.1. The highest BCUT2D eigenvalue weighted by Gasteiger charge is 2.32. The van der Waals surface area contributed by atoms with Gasteiger partial charge in [0.05, 0.1) is 12.5 Å². The lowest BCUT2D eigenvalue weighted by Gasteiger charge is -2.33. The van der Waals surface area contributed by atoms with E-state index in [-0.39, 0.29) is 23.5 Å². The summed E-state index contributed by atoms with van der Waals surface area (Å²) in [6, 6.07) is 5.96. The summed E-state index contributed by atoms with van der Waals surface area (Å²) >= 11 is 0. The predicted octanol–water partition coefficient (Wildman–Crippen LogP) is 2.49. The third-order valence-electron chi connectivity index (χ3n) is 5.51. The van der Waals surface area contributed by atoms with E-state index in [4.69, 9.17) is 0 Å². The van der Waals surface area contributed by atoms with Gasteiger partial charge in [-0.3, -0.25) is 14.2 Å². The molecule has 2 aliphatic heterocycles. The molecule has 2 aromatic rings. The Hall–Kier alpha value is -2.70. The molecule has 2 aliphatic rings. The highest BCUT2D eigenvalue weighted by Crippen LogP contribution is 2.23. The van der Waals surface area contributed by atoms with Crippen LogP contribution in [0, 0.1) is 11.7 Å². The number of hydrogen-bond acceptors (Lipinski definition) is 3. The average molecular weight is 370 g/mol. The van der Waals surface area contributed by atoms with Crippen LogP contribution >= 0.6 is 0 Å². The van der Waals surface area contributed by atoms with Crippen LogP contribution in [0.4, 0.5) is 4.39 Å². The van der Waals surface area contributed by atoms with Crippen LogP contribution in [-0.4, -0.2) is 57.3 Å². The van der Waals surface area contributed by atoms with Crippen molar-refractivity contribution >= 4 is 11.8 Å². The maximum Gasteiger partial charge on any atom is 0.272 e. The summed E-state index contributed by atoms with van der Waals surface area (Å²) in [5.74, 6) is -0.162. The molecule has 0 unspecified atom stereocenters. The zero-order chi connectivity index (χ0) is 18.8. The van der Waals surface area contributed by atoms with E-state index < -0.39 is 0 Å². The van der Waals surface area contributed by atoms with Crippen molar-refractivity contribution in [1.29, 1.82) is 0 Å². The first-order valence-electron chi connectivity index (χ1n) is 9.50. The Labute approximate surface area is 157 Å². The van der Waals surface area contributed by atoms with Crippen molar-refractivity contribution in [2.24, 2.45) is 5.92 Å². The fourth-order valence-electron chi connectivity index (χ4n) is 3.95. The number of nitrogens with zero attached hydrogens (tertiary/aromatic N) is 4. The van der Waals surface area contributed by atoms with Crippen LogP contribution in [0.5, 0.6) is 0 Å². The molecule has 27 heavy (non-hydrogen) atoms. The van der Waals surface area contributed by atoms with Crippen molar-refractivity contribution in [3.8, 4) is 5.69 Å². The first-order valence-corrected chi connectivity index (χ1v) is 9.50. The molecule has 0 N–H and O–H groups in total. The molecule has 1 aromatic heterocycles. The molecular weight excluding hydrogens is 347 g/mol. The minimum Gasteiger partial charge on any atom is -0.342 e. The van der Waals surface area contributed by atoms with Crippen molar-refractivity contribution in [2.75, 3.05) is 26.2 Å². The highest BCUT2D eigenvalue weighted by atomic mass is 19.1. The monoisotopic (exact) mass is 370 g/mol. The Balaban J connectivity index is 1.42. The zero-order valence-electron chi connectivity index (χ0n) is 15.2. The van der Waals surface area contributed by atoms with E-state index in [1.54, 1.807) is 27.9 Å². The number of imidazole rings is 1. The maximum atomic E-state index is 13.2. The van der Waals surface area contributed by atoms with Crippen molar-refractivity contribution in [1.82, 2.24) is 19.4 Å². The van der Waals surface area contributed by atoms with Crippen molar-refractivity contribution in [3.63, 3.8) is 0 Å². The lowest BCUT2D eigenvalue weighted by atomic mass is 9.95. The molecule has 3 heterocycles. The van der Waals surface area contributed by atoms with E-state index in [0.29, 0.717) is 37.3 Å². The fraction of sp³-hybridized carbons (Fsp3) is 0.450. The van der Waals surface area contributed by atoms with Crippen LogP contribution in [0.15, 0.2) is 36.8 Å². The van der Waals surface area contributed by atoms with E-state index in [0.717, 1.165) is 25.9 Å². The van der Waals surface area contributed by atoms with Gasteiger partial charge in [0.1, 0.15) is 11.5 Å². The van der Waals surface area contributed by atoms with Gasteiger partial charge in [-0.1, -0.05) is 0 Å². The third-order valence-corrected chi connectivity index (χ3v) is 5.51. The molecule has 0 atom stereocenters. The van der Waals surface area contributed by atoms with Gasteiger partial charge in [0.15, 0.2) is 0 Å². The molecule has 2 saturated heterocycles. The summed E-state index contributed by atoms with van der Waals surface area (Å²) in [6.45, 7) is 2.87. The van der Waals surface area contributed by atoms with E-state index in [1.807, 2.05) is 4.90 Å². The Morgan fingerprint density at radius 2 is 1.63 bits per heavy atom. The van der Waals surface area contributed by atoms with Crippen LogP contribution in [-0.2, 0) is 4.79 Å². The minimum absolute atomic E-state index is 0.0224. The predicted molar refractivity (Wildman–Crippen MR) is 98.0 cm³/mol. The summed E-state index contributed by atoms with van der Waals surface area (Å²) in [5.41, 5.74) is 1.14. The molecule has 2 amide bonds. The maximum absolute atomic E-state index is 13.2. The first kappa shape index (κ1) is 17.7. The van der Waals surface area contributed by atoms with E-state index in [2.05, 4.69) is 4.98 Å². The molecule has 0 saturated carbocycles. The van der Waals surface area contributed by atoms with Crippen LogP contribution in [0.1, 0.15) is 36.2 Å². The van der Waals surface area contributed by atoms with Crippen LogP contribution in [0.3, 0.4) is 0 Å². The number of benzene rings is 1. The Morgan fingerprint density at radius 3 is 2.30 bits per heavy atom. The molecule has 142 valence electrons. The number of hydrogen-bond donors (Lipinski definition) is 0. The number of aromatic nitrogens is 2.